The van der Waals surface area contributed by atoms with Crippen LogP contribution in [0, 0.1) is 12.8 Å². The van der Waals surface area contributed by atoms with Crippen molar-refractivity contribution in [2.24, 2.45) is 5.92 Å². The Morgan fingerprint density at radius 2 is 1.67 bits per heavy atom. The highest BCUT2D eigenvalue weighted by atomic mass is 32.2. The smallest absolute Gasteiger partial charge is 0.376 e. The van der Waals surface area contributed by atoms with Crippen molar-refractivity contribution in [2.75, 3.05) is 0 Å². The summed E-state index contributed by atoms with van der Waals surface area (Å²) in [6, 6.07) is 7.10. The summed E-state index contributed by atoms with van der Waals surface area (Å²) in [4.78, 5) is 0.367. The number of halogens is 3. The van der Waals surface area contributed by atoms with Gasteiger partial charge in [-0.3, -0.25) is 0 Å². The molecule has 0 radical (unpaired) electrons. The summed E-state index contributed by atoms with van der Waals surface area (Å²) >= 11 is 0.881. The second-order valence-corrected chi connectivity index (χ2v) is 6.28. The van der Waals surface area contributed by atoms with E-state index in [1.807, 2.05) is 19.1 Å². The number of hydrogen-bond acceptors (Lipinski definition) is 2. The highest BCUT2D eigenvalue weighted by Gasteiger charge is 2.59. The third-order valence-corrected chi connectivity index (χ3v) is 4.76. The number of hydrogen-bond donors (Lipinski definition) is 1. The molecule has 1 N–H and O–H groups in total. The molecule has 0 fully saturated rings. The van der Waals surface area contributed by atoms with Gasteiger partial charge in [0, 0.05) is 15.7 Å². The maximum absolute atomic E-state index is 13.4. The van der Waals surface area contributed by atoms with Crippen molar-refractivity contribution >= 4 is 11.8 Å². The van der Waals surface area contributed by atoms with Crippen molar-refractivity contribution in [3.05, 3.63) is 41.3 Å². The van der Waals surface area contributed by atoms with Crippen LogP contribution in [0.15, 0.2) is 40.6 Å². The molecule has 21 heavy (non-hydrogen) atoms. The lowest BCUT2D eigenvalue weighted by Crippen LogP contribution is -2.51. The number of aliphatic hydroxyl groups is 1. The van der Waals surface area contributed by atoms with Gasteiger partial charge < -0.3 is 5.11 Å². The van der Waals surface area contributed by atoms with Gasteiger partial charge in [0.15, 0.2) is 5.60 Å². The third kappa shape index (κ3) is 3.83. The predicted molar refractivity (Wildman–Crippen MR) is 81.3 cm³/mol. The highest BCUT2D eigenvalue weighted by Crippen LogP contribution is 2.48. The van der Waals surface area contributed by atoms with Gasteiger partial charge >= 0.3 is 6.18 Å². The van der Waals surface area contributed by atoms with Crippen molar-refractivity contribution in [3.8, 4) is 0 Å². The van der Waals surface area contributed by atoms with E-state index in [1.54, 1.807) is 26.0 Å². The Kier molecular flexibility index (Phi) is 5.93. The minimum atomic E-state index is -4.74. The zero-order valence-corrected chi connectivity index (χ0v) is 13.3. The summed E-state index contributed by atoms with van der Waals surface area (Å²) in [6.07, 6.45) is -4.27. The quantitative estimate of drug-likeness (QED) is 0.715. The van der Waals surface area contributed by atoms with Gasteiger partial charge in [-0.2, -0.15) is 13.2 Å². The van der Waals surface area contributed by atoms with Gasteiger partial charge in [-0.15, -0.1) is 0 Å². The molecule has 0 aliphatic carbocycles. The number of alkyl halides is 3. The number of thioether (sulfide) groups is 1. The van der Waals surface area contributed by atoms with Crippen LogP contribution in [0.1, 0.15) is 32.3 Å². The Bertz CT molecular complexity index is 477. The average molecular weight is 318 g/mol. The second-order valence-electron chi connectivity index (χ2n) is 5.12. The summed E-state index contributed by atoms with van der Waals surface area (Å²) < 4.78 is 40.3. The summed E-state index contributed by atoms with van der Waals surface area (Å²) in [7, 11) is 0. The summed E-state index contributed by atoms with van der Waals surface area (Å²) in [6.45, 7) is 8.72. The molecule has 5 heteroatoms. The zero-order chi connectivity index (χ0) is 16.3. The molecule has 0 amide bonds. The minimum absolute atomic E-state index is 0.236. The first-order valence-electron chi connectivity index (χ1n) is 6.89. The van der Waals surface area contributed by atoms with E-state index in [9.17, 15) is 18.3 Å². The Labute approximate surface area is 128 Å². The lowest BCUT2D eigenvalue weighted by Gasteiger charge is -2.38. The van der Waals surface area contributed by atoms with Gasteiger partial charge in [-0.05, 0) is 31.9 Å². The van der Waals surface area contributed by atoms with Crippen molar-refractivity contribution in [3.63, 3.8) is 0 Å². The highest BCUT2D eigenvalue weighted by molar-refractivity contribution is 8.03. The van der Waals surface area contributed by atoms with E-state index in [0.29, 0.717) is 4.90 Å². The molecule has 0 aromatic heterocycles. The maximum Gasteiger partial charge on any atom is 0.422 e. The monoisotopic (exact) mass is 318 g/mol. The molecule has 1 rings (SSSR count). The molecule has 0 saturated carbocycles. The van der Waals surface area contributed by atoms with E-state index in [-0.39, 0.29) is 17.7 Å². The molecule has 1 unspecified atom stereocenters. The van der Waals surface area contributed by atoms with Gasteiger partial charge in [-0.25, -0.2) is 0 Å². The van der Waals surface area contributed by atoms with E-state index in [4.69, 9.17) is 0 Å². The molecule has 0 saturated heterocycles. The molecule has 0 aliphatic heterocycles. The molecular weight excluding hydrogens is 297 g/mol. The fourth-order valence-electron chi connectivity index (χ4n) is 2.32. The van der Waals surface area contributed by atoms with Crippen LogP contribution >= 0.6 is 11.8 Å². The second kappa shape index (κ2) is 6.88. The van der Waals surface area contributed by atoms with E-state index >= 15 is 0 Å². The summed E-state index contributed by atoms with van der Waals surface area (Å²) in [5.74, 6) is -0.900. The lowest BCUT2D eigenvalue weighted by atomic mass is 9.82. The summed E-state index contributed by atoms with van der Waals surface area (Å²) in [5.41, 5.74) is -1.84. The number of benzene rings is 1. The zero-order valence-electron chi connectivity index (χ0n) is 12.5. The van der Waals surface area contributed by atoms with Gasteiger partial charge in [0.25, 0.3) is 0 Å². The topological polar surface area (TPSA) is 20.2 Å². The lowest BCUT2D eigenvalue weighted by molar-refractivity contribution is -0.260. The van der Waals surface area contributed by atoms with Crippen LogP contribution in [-0.2, 0) is 0 Å². The Hall–Kier alpha value is -0.940. The maximum atomic E-state index is 13.4. The molecule has 1 atom stereocenters. The number of aryl methyl sites for hydroxylation is 1. The molecule has 1 aromatic rings. The molecular formula is C16H21F3OS. The molecule has 0 spiro atoms. The first kappa shape index (κ1) is 18.1. The van der Waals surface area contributed by atoms with Crippen LogP contribution in [0.2, 0.25) is 0 Å². The molecule has 0 heterocycles. The van der Waals surface area contributed by atoms with E-state index in [0.717, 1.165) is 17.3 Å². The average Bonchev–Trinajstić information content (AvgIpc) is 2.41. The van der Waals surface area contributed by atoms with E-state index < -0.39 is 17.7 Å². The Balaban J connectivity index is 3.09. The van der Waals surface area contributed by atoms with Crippen LogP contribution in [0.4, 0.5) is 13.2 Å². The van der Waals surface area contributed by atoms with Crippen LogP contribution in [0.3, 0.4) is 0 Å². The van der Waals surface area contributed by atoms with Crippen LogP contribution in [0.5, 0.6) is 0 Å². The fourth-order valence-corrected chi connectivity index (χ4v) is 3.32. The van der Waals surface area contributed by atoms with Gasteiger partial charge in [0.05, 0.1) is 0 Å². The Morgan fingerprint density at radius 3 is 2.05 bits per heavy atom. The summed E-state index contributed by atoms with van der Waals surface area (Å²) in [5, 5.41) is 10.3. The largest absolute Gasteiger partial charge is 0.422 e. The standard InChI is InChI=1S/C16H21F3OS/c1-5-13(6-2)15(20,16(17,18)19)12(4)21-14-9-7-11(3)8-10-14/h7-10,13,20H,4-6H2,1-3H3. The van der Waals surface area contributed by atoms with Crippen molar-refractivity contribution in [1.82, 2.24) is 0 Å². The predicted octanol–water partition coefficient (Wildman–Crippen LogP) is 5.33. The van der Waals surface area contributed by atoms with Crippen LogP contribution in [-0.4, -0.2) is 16.9 Å². The molecule has 0 aliphatic rings. The van der Waals surface area contributed by atoms with E-state index in [1.165, 1.54) is 0 Å². The molecule has 0 bridgehead atoms. The van der Waals surface area contributed by atoms with Crippen LogP contribution in [0.25, 0.3) is 0 Å². The SMILES string of the molecule is C=C(Sc1ccc(C)cc1)C(O)(C(CC)CC)C(F)(F)F. The molecule has 1 aromatic carbocycles. The number of rotatable bonds is 6. The van der Waals surface area contributed by atoms with Gasteiger partial charge in [0.2, 0.25) is 0 Å². The Morgan fingerprint density at radius 1 is 1.19 bits per heavy atom. The van der Waals surface area contributed by atoms with Crippen LogP contribution < -0.4 is 0 Å². The first-order chi connectivity index (χ1) is 9.66. The third-order valence-electron chi connectivity index (χ3n) is 3.70. The minimum Gasteiger partial charge on any atom is -0.376 e. The van der Waals surface area contributed by atoms with Crippen molar-refractivity contribution in [2.45, 2.75) is 50.3 Å². The normalized spacial score (nSPS) is 15.0. The first-order valence-corrected chi connectivity index (χ1v) is 7.71. The molecule has 118 valence electrons. The van der Waals surface area contributed by atoms with Crippen molar-refractivity contribution < 1.29 is 18.3 Å². The molecule has 1 nitrogen and oxygen atoms in total. The van der Waals surface area contributed by atoms with Gasteiger partial charge in [0.1, 0.15) is 0 Å². The van der Waals surface area contributed by atoms with E-state index in [2.05, 4.69) is 6.58 Å². The van der Waals surface area contributed by atoms with Gasteiger partial charge in [-0.1, -0.05) is 49.9 Å². The fraction of sp³-hybridized carbons (Fsp3) is 0.500. The van der Waals surface area contributed by atoms with Crippen molar-refractivity contribution in [1.29, 1.82) is 0 Å².